The summed E-state index contributed by atoms with van der Waals surface area (Å²) < 4.78 is 0. The molecule has 1 heterocycles. The summed E-state index contributed by atoms with van der Waals surface area (Å²) in [5.41, 5.74) is 0.356. The van der Waals surface area contributed by atoms with E-state index in [0.717, 1.165) is 0 Å². The van der Waals surface area contributed by atoms with Gasteiger partial charge in [-0.15, -0.1) is 0 Å². The van der Waals surface area contributed by atoms with Crippen molar-refractivity contribution in [2.75, 3.05) is 5.32 Å². The maximum absolute atomic E-state index is 12.2. The number of carbonyl (C=O) groups is 1. The van der Waals surface area contributed by atoms with Gasteiger partial charge in [0.1, 0.15) is 0 Å². The normalized spacial score (nSPS) is 22.4. The van der Waals surface area contributed by atoms with Crippen LogP contribution < -0.4 is 5.32 Å². The zero-order chi connectivity index (χ0) is 14.6. The first-order valence-electron chi connectivity index (χ1n) is 6.09. The largest absolute Gasteiger partial charge is 0.375 e. The number of halogens is 2. The molecule has 0 aliphatic carbocycles. The van der Waals surface area contributed by atoms with Gasteiger partial charge in [0.2, 0.25) is 0 Å². The fraction of sp³-hybridized carbons (Fsp3) is 0.462. The molecule has 0 aromatic heterocycles. The Labute approximate surface area is 123 Å². The van der Waals surface area contributed by atoms with E-state index in [1.807, 2.05) is 0 Å². The van der Waals surface area contributed by atoms with E-state index in [-0.39, 0.29) is 5.91 Å². The summed E-state index contributed by atoms with van der Waals surface area (Å²) in [6.45, 7) is 8.12. The Morgan fingerprint density at radius 3 is 2.47 bits per heavy atom. The highest BCUT2D eigenvalue weighted by atomic mass is 35.5. The molecule has 1 aromatic carbocycles. The Morgan fingerprint density at radius 2 is 1.95 bits per heavy atom. The zero-order valence-corrected chi connectivity index (χ0v) is 13.9. The van der Waals surface area contributed by atoms with Crippen molar-refractivity contribution in [2.45, 2.75) is 38.2 Å². The predicted octanol–water partition coefficient (Wildman–Crippen LogP) is 3.78. The van der Waals surface area contributed by atoms with Gasteiger partial charge >= 0.3 is 0 Å². The molecule has 1 atom stereocenters. The molecule has 1 unspecified atom stereocenters. The molecule has 1 aliphatic heterocycles. The number of fused-ring (bicyclic) bond motifs is 1. The third-order valence-electron chi connectivity index (χ3n) is 3.30. The standard InChI is InChI=1S/C13H17Cl2NO2Si/c1-7-10(15)9(14)5-8-11(7)16-12(17)13(8,18)6-19(2,3)4/h5,18H,6H2,1-4H3,(H,16,17). The fourth-order valence-corrected chi connectivity index (χ4v) is 4.81. The number of amides is 1. The van der Waals surface area contributed by atoms with Crippen LogP contribution in [0, 0.1) is 6.92 Å². The molecule has 2 N–H and O–H groups in total. The quantitative estimate of drug-likeness (QED) is 0.815. The minimum atomic E-state index is -1.64. The van der Waals surface area contributed by atoms with Crippen LogP contribution >= 0.6 is 23.2 Å². The number of hydrogen-bond donors (Lipinski definition) is 2. The monoisotopic (exact) mass is 317 g/mol. The average Bonchev–Trinajstić information content (AvgIpc) is 2.48. The molecule has 2 rings (SSSR count). The topological polar surface area (TPSA) is 49.3 Å². The van der Waals surface area contributed by atoms with Crippen LogP contribution in [0.25, 0.3) is 0 Å². The number of aliphatic hydroxyl groups is 1. The summed E-state index contributed by atoms with van der Waals surface area (Å²) in [6, 6.07) is 2.06. The highest BCUT2D eigenvalue weighted by Gasteiger charge is 2.48. The molecule has 104 valence electrons. The van der Waals surface area contributed by atoms with Gasteiger partial charge in [-0.1, -0.05) is 42.8 Å². The molecule has 0 radical (unpaired) electrons. The molecule has 1 aliphatic rings. The van der Waals surface area contributed by atoms with Crippen LogP contribution in [0.1, 0.15) is 11.1 Å². The van der Waals surface area contributed by atoms with E-state index >= 15 is 0 Å². The van der Waals surface area contributed by atoms with Gasteiger partial charge in [0.15, 0.2) is 5.60 Å². The Kier molecular flexibility index (Phi) is 3.50. The minimum absolute atomic E-state index is 0.364. The first-order chi connectivity index (χ1) is 8.56. The lowest BCUT2D eigenvalue weighted by molar-refractivity contribution is -0.131. The summed E-state index contributed by atoms with van der Waals surface area (Å²) in [6.07, 6.45) is 0. The van der Waals surface area contributed by atoms with Crippen LogP contribution in [0.2, 0.25) is 35.7 Å². The highest BCUT2D eigenvalue weighted by molar-refractivity contribution is 6.76. The summed E-state index contributed by atoms with van der Waals surface area (Å²) >= 11 is 12.2. The van der Waals surface area contributed by atoms with Crippen molar-refractivity contribution in [2.24, 2.45) is 0 Å². The number of carbonyl (C=O) groups excluding carboxylic acids is 1. The van der Waals surface area contributed by atoms with Crippen LogP contribution in [0.4, 0.5) is 5.69 Å². The SMILES string of the molecule is Cc1c(Cl)c(Cl)cc2c1NC(=O)C2(O)C[Si](C)(C)C. The van der Waals surface area contributed by atoms with E-state index in [1.165, 1.54) is 0 Å². The van der Waals surface area contributed by atoms with Crippen LogP contribution in [0.3, 0.4) is 0 Å². The van der Waals surface area contributed by atoms with Crippen molar-refractivity contribution >= 4 is 42.9 Å². The van der Waals surface area contributed by atoms with E-state index < -0.39 is 13.7 Å². The second-order valence-corrected chi connectivity index (χ2v) is 12.5. The Hall–Kier alpha value is -0.553. The van der Waals surface area contributed by atoms with E-state index in [4.69, 9.17) is 23.2 Å². The van der Waals surface area contributed by atoms with Crippen LogP contribution in [-0.4, -0.2) is 19.1 Å². The number of rotatable bonds is 2. The second kappa shape index (κ2) is 4.48. The Bertz CT molecular complexity index is 569. The minimum Gasteiger partial charge on any atom is -0.375 e. The maximum Gasteiger partial charge on any atom is 0.260 e. The van der Waals surface area contributed by atoms with Gasteiger partial charge in [-0.3, -0.25) is 4.79 Å². The van der Waals surface area contributed by atoms with Crippen molar-refractivity contribution in [3.8, 4) is 0 Å². The number of hydrogen-bond acceptors (Lipinski definition) is 2. The molecular formula is C13H17Cl2NO2Si. The number of anilines is 1. The average molecular weight is 318 g/mol. The third-order valence-corrected chi connectivity index (χ3v) is 5.75. The maximum atomic E-state index is 12.2. The third kappa shape index (κ3) is 2.42. The molecule has 0 fully saturated rings. The zero-order valence-electron chi connectivity index (χ0n) is 11.4. The van der Waals surface area contributed by atoms with Crippen molar-refractivity contribution in [3.05, 3.63) is 27.2 Å². The molecule has 1 amide bonds. The number of nitrogens with one attached hydrogen (secondary N) is 1. The predicted molar refractivity (Wildman–Crippen MR) is 81.9 cm³/mol. The lowest BCUT2D eigenvalue weighted by Gasteiger charge is -2.28. The van der Waals surface area contributed by atoms with Gasteiger partial charge in [0, 0.05) is 13.6 Å². The molecule has 0 saturated carbocycles. The van der Waals surface area contributed by atoms with E-state index in [9.17, 15) is 9.90 Å². The van der Waals surface area contributed by atoms with Gasteiger partial charge in [0.05, 0.1) is 15.7 Å². The van der Waals surface area contributed by atoms with Crippen LogP contribution in [0.5, 0.6) is 0 Å². The van der Waals surface area contributed by atoms with E-state index in [0.29, 0.717) is 32.9 Å². The van der Waals surface area contributed by atoms with E-state index in [2.05, 4.69) is 25.0 Å². The first kappa shape index (κ1) is 14.8. The first-order valence-corrected chi connectivity index (χ1v) is 10.6. The second-order valence-electron chi connectivity index (χ2n) is 6.27. The van der Waals surface area contributed by atoms with Crippen LogP contribution in [0.15, 0.2) is 6.07 Å². The van der Waals surface area contributed by atoms with E-state index in [1.54, 1.807) is 13.0 Å². The Morgan fingerprint density at radius 1 is 1.37 bits per heavy atom. The number of benzene rings is 1. The molecular weight excluding hydrogens is 301 g/mol. The van der Waals surface area contributed by atoms with Gasteiger partial charge in [-0.2, -0.15) is 0 Å². The summed E-state index contributed by atoms with van der Waals surface area (Å²) in [5.74, 6) is -0.383. The molecule has 1 aromatic rings. The molecule has 0 spiro atoms. The molecule has 3 nitrogen and oxygen atoms in total. The molecule has 0 bridgehead atoms. The van der Waals surface area contributed by atoms with Crippen molar-refractivity contribution in [1.82, 2.24) is 0 Å². The van der Waals surface area contributed by atoms with Crippen LogP contribution in [-0.2, 0) is 10.4 Å². The summed E-state index contributed by atoms with van der Waals surface area (Å²) in [4.78, 5) is 12.2. The lowest BCUT2D eigenvalue weighted by Crippen LogP contribution is -2.41. The van der Waals surface area contributed by atoms with Crippen molar-refractivity contribution < 1.29 is 9.90 Å². The Balaban J connectivity index is 2.62. The molecule has 6 heteroatoms. The van der Waals surface area contributed by atoms with Gasteiger partial charge in [-0.25, -0.2) is 0 Å². The lowest BCUT2D eigenvalue weighted by atomic mass is 9.96. The van der Waals surface area contributed by atoms with Crippen molar-refractivity contribution in [1.29, 1.82) is 0 Å². The summed E-state index contributed by atoms with van der Waals surface area (Å²) in [5, 5.41) is 14.3. The smallest absolute Gasteiger partial charge is 0.260 e. The summed E-state index contributed by atoms with van der Waals surface area (Å²) in [7, 11) is -1.64. The van der Waals surface area contributed by atoms with Crippen molar-refractivity contribution in [3.63, 3.8) is 0 Å². The highest BCUT2D eigenvalue weighted by Crippen LogP contribution is 2.46. The van der Waals surface area contributed by atoms with Gasteiger partial charge in [0.25, 0.3) is 5.91 Å². The fourth-order valence-electron chi connectivity index (χ4n) is 2.52. The van der Waals surface area contributed by atoms with Gasteiger partial charge < -0.3 is 10.4 Å². The molecule has 0 saturated heterocycles. The van der Waals surface area contributed by atoms with Gasteiger partial charge in [-0.05, 0) is 24.6 Å². The molecule has 19 heavy (non-hydrogen) atoms.